The minimum atomic E-state index is -0.507. The van der Waals surface area contributed by atoms with Gasteiger partial charge in [-0.15, -0.1) is 0 Å². The van der Waals surface area contributed by atoms with Crippen molar-refractivity contribution in [3.8, 4) is 0 Å². The van der Waals surface area contributed by atoms with E-state index >= 15 is 0 Å². The summed E-state index contributed by atoms with van der Waals surface area (Å²) >= 11 is 6.45. The number of carbonyl (C=O) groups excluding carboxylic acids is 1. The Morgan fingerprint density at radius 1 is 1.25 bits per heavy atom. The van der Waals surface area contributed by atoms with Crippen molar-refractivity contribution in [2.75, 3.05) is 31.2 Å². The summed E-state index contributed by atoms with van der Waals surface area (Å²) in [5.74, 6) is 0.547. The van der Waals surface area contributed by atoms with E-state index in [-0.39, 0.29) is 25.6 Å². The Morgan fingerprint density at radius 3 is 2.43 bits per heavy atom. The maximum absolute atomic E-state index is 12.1. The summed E-state index contributed by atoms with van der Waals surface area (Å²) in [6, 6.07) is 3.72. The van der Waals surface area contributed by atoms with Gasteiger partial charge in [-0.05, 0) is 39.8 Å². The van der Waals surface area contributed by atoms with Crippen molar-refractivity contribution in [2.24, 2.45) is 0 Å². The van der Waals surface area contributed by atoms with Gasteiger partial charge >= 0.3 is 5.97 Å². The van der Waals surface area contributed by atoms with E-state index < -0.39 is 5.60 Å². The third-order valence-corrected chi connectivity index (χ3v) is 4.57. The number of ether oxygens (including phenoxy) is 1. The number of aromatic nitrogens is 2. The molecule has 7 nitrogen and oxygen atoms in total. The molecule has 0 aliphatic heterocycles. The van der Waals surface area contributed by atoms with E-state index in [1.807, 2.05) is 38.7 Å². The van der Waals surface area contributed by atoms with E-state index in [0.717, 1.165) is 22.5 Å². The molecule has 156 valence electrons. The molecule has 0 aliphatic rings. The van der Waals surface area contributed by atoms with Crippen LogP contribution in [-0.4, -0.2) is 57.6 Å². The van der Waals surface area contributed by atoms with Gasteiger partial charge in [0, 0.05) is 26.1 Å². The van der Waals surface area contributed by atoms with Crippen LogP contribution in [0.5, 0.6) is 0 Å². The second-order valence-corrected chi connectivity index (χ2v) is 7.99. The van der Waals surface area contributed by atoms with Crippen LogP contribution in [0.4, 0.5) is 5.69 Å². The standard InChI is InChI=1S/C20H30ClN3O4/c1-5-24-17-13-16(23(8-10-25)9-11-26)14(21)12-15(17)22-18(24)6-7-19(27)28-20(2,3)4/h12-13,25-26H,5-11H2,1-4H3. The molecule has 28 heavy (non-hydrogen) atoms. The molecule has 0 saturated carbocycles. The molecule has 1 heterocycles. The third-order valence-electron chi connectivity index (χ3n) is 4.27. The van der Waals surface area contributed by atoms with Crippen LogP contribution in [0.25, 0.3) is 11.0 Å². The summed E-state index contributed by atoms with van der Waals surface area (Å²) in [5, 5.41) is 19.1. The monoisotopic (exact) mass is 411 g/mol. The molecule has 2 rings (SSSR count). The average molecular weight is 412 g/mol. The molecule has 8 heteroatoms. The molecule has 0 saturated heterocycles. The number of aliphatic hydroxyl groups excluding tert-OH is 2. The SMILES string of the molecule is CCn1c(CCC(=O)OC(C)(C)C)nc2cc(Cl)c(N(CCO)CCO)cc21. The summed E-state index contributed by atoms with van der Waals surface area (Å²) in [6.07, 6.45) is 0.726. The number of aryl methyl sites for hydroxylation is 2. The van der Waals surface area contributed by atoms with Gasteiger partial charge in [-0.25, -0.2) is 4.98 Å². The van der Waals surface area contributed by atoms with Crippen LogP contribution in [0.15, 0.2) is 12.1 Å². The minimum Gasteiger partial charge on any atom is -0.460 e. The lowest BCUT2D eigenvalue weighted by Gasteiger charge is -2.24. The highest BCUT2D eigenvalue weighted by molar-refractivity contribution is 6.34. The van der Waals surface area contributed by atoms with E-state index in [0.29, 0.717) is 31.1 Å². The summed E-state index contributed by atoms with van der Waals surface area (Å²) < 4.78 is 7.43. The number of anilines is 1. The molecule has 0 radical (unpaired) electrons. The van der Waals surface area contributed by atoms with Gasteiger partial charge in [0.25, 0.3) is 0 Å². The van der Waals surface area contributed by atoms with Gasteiger partial charge in [0.2, 0.25) is 0 Å². The smallest absolute Gasteiger partial charge is 0.306 e. The largest absolute Gasteiger partial charge is 0.460 e. The maximum atomic E-state index is 12.1. The maximum Gasteiger partial charge on any atom is 0.306 e. The summed E-state index contributed by atoms with van der Waals surface area (Å²) in [7, 11) is 0. The number of aliphatic hydroxyl groups is 2. The molecule has 0 amide bonds. The fourth-order valence-electron chi connectivity index (χ4n) is 3.17. The number of hydrogen-bond acceptors (Lipinski definition) is 6. The zero-order valence-electron chi connectivity index (χ0n) is 17.0. The number of fused-ring (bicyclic) bond motifs is 1. The van der Waals surface area contributed by atoms with E-state index in [4.69, 9.17) is 16.3 Å². The van der Waals surface area contributed by atoms with Gasteiger partial charge < -0.3 is 24.4 Å². The lowest BCUT2D eigenvalue weighted by molar-refractivity contribution is -0.154. The fraction of sp³-hybridized carbons (Fsp3) is 0.600. The Balaban J connectivity index is 2.33. The highest BCUT2D eigenvalue weighted by atomic mass is 35.5. The normalized spacial score (nSPS) is 11.8. The van der Waals surface area contributed by atoms with Crippen molar-refractivity contribution in [2.45, 2.75) is 52.7 Å². The molecule has 2 aromatic rings. The van der Waals surface area contributed by atoms with Gasteiger partial charge in [0.15, 0.2) is 0 Å². The first-order valence-corrected chi connectivity index (χ1v) is 9.95. The lowest BCUT2D eigenvalue weighted by atomic mass is 10.2. The molecule has 1 aromatic carbocycles. The van der Waals surface area contributed by atoms with Gasteiger partial charge in [-0.2, -0.15) is 0 Å². The van der Waals surface area contributed by atoms with Crippen molar-refractivity contribution in [1.82, 2.24) is 9.55 Å². The number of carbonyl (C=O) groups is 1. The molecule has 0 atom stereocenters. The summed E-state index contributed by atoms with van der Waals surface area (Å²) in [4.78, 5) is 18.6. The predicted octanol–water partition coefficient (Wildman–Crippen LogP) is 2.77. The van der Waals surface area contributed by atoms with Crippen molar-refractivity contribution in [1.29, 1.82) is 0 Å². The van der Waals surface area contributed by atoms with Crippen molar-refractivity contribution in [3.05, 3.63) is 23.0 Å². The number of rotatable bonds is 9. The Kier molecular flexibility index (Phi) is 7.69. The molecule has 0 spiro atoms. The fourth-order valence-corrected chi connectivity index (χ4v) is 3.45. The first kappa shape index (κ1) is 22.5. The Hall–Kier alpha value is -1.83. The molecule has 0 fully saturated rings. The summed E-state index contributed by atoms with van der Waals surface area (Å²) in [5.41, 5.74) is 1.89. The van der Waals surface area contributed by atoms with E-state index in [2.05, 4.69) is 9.55 Å². The molecule has 0 bridgehead atoms. The number of esters is 1. The van der Waals surface area contributed by atoms with Gasteiger partial charge in [0.1, 0.15) is 11.4 Å². The zero-order valence-corrected chi connectivity index (χ0v) is 17.8. The highest BCUT2D eigenvalue weighted by Crippen LogP contribution is 2.31. The lowest BCUT2D eigenvalue weighted by Crippen LogP contribution is -2.29. The quantitative estimate of drug-likeness (QED) is 0.617. The number of imidazole rings is 1. The molecule has 0 aliphatic carbocycles. The van der Waals surface area contributed by atoms with Crippen LogP contribution in [0.3, 0.4) is 0 Å². The van der Waals surface area contributed by atoms with E-state index in [1.54, 1.807) is 6.07 Å². The van der Waals surface area contributed by atoms with Crippen LogP contribution < -0.4 is 4.90 Å². The Bertz CT molecular complexity index is 808. The number of nitrogens with zero attached hydrogens (tertiary/aromatic N) is 3. The van der Waals surface area contributed by atoms with Crippen molar-refractivity contribution < 1.29 is 19.7 Å². The first-order chi connectivity index (χ1) is 13.2. The number of benzene rings is 1. The average Bonchev–Trinajstić information content (AvgIpc) is 2.94. The molecular formula is C20H30ClN3O4. The molecule has 0 unspecified atom stereocenters. The molecular weight excluding hydrogens is 382 g/mol. The van der Waals surface area contributed by atoms with Gasteiger partial charge in [0.05, 0.1) is 41.4 Å². The van der Waals surface area contributed by atoms with E-state index in [9.17, 15) is 15.0 Å². The van der Waals surface area contributed by atoms with Gasteiger partial charge in [-0.1, -0.05) is 11.6 Å². The Labute approximate surface area is 170 Å². The second kappa shape index (κ2) is 9.58. The number of hydrogen-bond donors (Lipinski definition) is 2. The third kappa shape index (κ3) is 5.59. The Morgan fingerprint density at radius 2 is 1.89 bits per heavy atom. The van der Waals surface area contributed by atoms with E-state index in [1.165, 1.54) is 0 Å². The van der Waals surface area contributed by atoms with Crippen LogP contribution in [0.2, 0.25) is 5.02 Å². The summed E-state index contributed by atoms with van der Waals surface area (Å²) in [6.45, 7) is 8.92. The minimum absolute atomic E-state index is 0.0391. The predicted molar refractivity (Wildman–Crippen MR) is 111 cm³/mol. The van der Waals surface area contributed by atoms with Crippen LogP contribution in [0.1, 0.15) is 39.9 Å². The van der Waals surface area contributed by atoms with Crippen LogP contribution in [0, 0.1) is 0 Å². The van der Waals surface area contributed by atoms with Crippen LogP contribution in [-0.2, 0) is 22.5 Å². The highest BCUT2D eigenvalue weighted by Gasteiger charge is 2.19. The van der Waals surface area contributed by atoms with Gasteiger partial charge in [-0.3, -0.25) is 4.79 Å². The topological polar surface area (TPSA) is 87.8 Å². The number of halogens is 1. The second-order valence-electron chi connectivity index (χ2n) is 7.59. The van der Waals surface area contributed by atoms with Crippen molar-refractivity contribution >= 4 is 34.3 Å². The first-order valence-electron chi connectivity index (χ1n) is 9.57. The molecule has 2 N–H and O–H groups in total. The zero-order chi connectivity index (χ0) is 20.9. The van der Waals surface area contributed by atoms with Crippen molar-refractivity contribution in [3.63, 3.8) is 0 Å². The van der Waals surface area contributed by atoms with Crippen LogP contribution >= 0.6 is 11.6 Å². The molecule has 1 aromatic heterocycles.